The second kappa shape index (κ2) is 9.67. The number of pyridine rings is 1. The van der Waals surface area contributed by atoms with Crippen LogP contribution in [-0.4, -0.2) is 27.0 Å². The average Bonchev–Trinajstić information content (AvgIpc) is 3.23. The summed E-state index contributed by atoms with van der Waals surface area (Å²) in [6.45, 7) is 0. The largest absolute Gasteiger partial charge is 0.416 e. The first-order valence-corrected chi connectivity index (χ1v) is 10.3. The number of nitrogens with two attached hydrogens (primary N) is 1. The van der Waals surface area contributed by atoms with Gasteiger partial charge >= 0.3 is 6.18 Å². The molecule has 2 aromatic heterocycles. The quantitative estimate of drug-likeness (QED) is 0.310. The Balaban J connectivity index is 1.50. The Hall–Kier alpha value is -4.67. The number of aromatic nitrogens is 3. The number of alkyl halides is 3. The molecule has 2 aromatic carbocycles. The van der Waals surface area contributed by atoms with Gasteiger partial charge in [-0.25, -0.2) is 4.98 Å². The van der Waals surface area contributed by atoms with E-state index in [-0.39, 0.29) is 16.9 Å². The monoisotopic (exact) mass is 480 g/mol. The predicted molar refractivity (Wildman–Crippen MR) is 124 cm³/mol. The molecule has 0 bridgehead atoms. The smallest absolute Gasteiger partial charge is 0.365 e. The van der Waals surface area contributed by atoms with Gasteiger partial charge in [-0.2, -0.15) is 18.3 Å². The zero-order chi connectivity index (χ0) is 25.0. The number of rotatable bonds is 7. The highest BCUT2D eigenvalue weighted by Crippen LogP contribution is 2.32. The van der Waals surface area contributed by atoms with Gasteiger partial charge in [-0.3, -0.25) is 14.7 Å². The summed E-state index contributed by atoms with van der Waals surface area (Å²) < 4.78 is 39.5. The van der Waals surface area contributed by atoms with Crippen LogP contribution in [0.5, 0.6) is 0 Å². The van der Waals surface area contributed by atoms with Crippen molar-refractivity contribution in [3.8, 4) is 11.3 Å². The second-order valence-corrected chi connectivity index (χ2v) is 7.48. The van der Waals surface area contributed by atoms with Gasteiger partial charge in [0.05, 0.1) is 17.7 Å². The zero-order valence-corrected chi connectivity index (χ0v) is 18.1. The van der Waals surface area contributed by atoms with Crippen molar-refractivity contribution >= 4 is 29.1 Å². The fourth-order valence-electron chi connectivity index (χ4n) is 3.49. The first-order valence-electron chi connectivity index (χ1n) is 10.3. The summed E-state index contributed by atoms with van der Waals surface area (Å²) in [5.74, 6) is -0.645. The number of nitrogens with zero attached hydrogens (tertiary/aromatic N) is 2. The van der Waals surface area contributed by atoms with E-state index < -0.39 is 30.0 Å². The van der Waals surface area contributed by atoms with Crippen molar-refractivity contribution in [1.29, 1.82) is 0 Å². The third-order valence-corrected chi connectivity index (χ3v) is 5.06. The van der Waals surface area contributed by atoms with Gasteiger partial charge in [0.1, 0.15) is 11.4 Å². The summed E-state index contributed by atoms with van der Waals surface area (Å²) in [7, 11) is 0. The van der Waals surface area contributed by atoms with E-state index in [1.807, 2.05) is 0 Å². The Bertz CT molecular complexity index is 1350. The van der Waals surface area contributed by atoms with Gasteiger partial charge in [0.25, 0.3) is 5.91 Å². The lowest BCUT2D eigenvalue weighted by molar-refractivity contribution is -0.138. The Morgan fingerprint density at radius 1 is 0.971 bits per heavy atom. The van der Waals surface area contributed by atoms with Crippen LogP contribution in [0.4, 0.5) is 30.5 Å². The maximum Gasteiger partial charge on any atom is 0.416 e. The molecule has 11 heteroatoms. The van der Waals surface area contributed by atoms with Gasteiger partial charge in [-0.1, -0.05) is 36.4 Å². The lowest BCUT2D eigenvalue weighted by atomic mass is 10.0. The summed E-state index contributed by atoms with van der Waals surface area (Å²) in [6.07, 6.45) is -3.41. The molecule has 5 N–H and O–H groups in total. The van der Waals surface area contributed by atoms with E-state index in [0.717, 1.165) is 6.07 Å². The first-order chi connectivity index (χ1) is 16.7. The van der Waals surface area contributed by atoms with Gasteiger partial charge in [0.15, 0.2) is 5.82 Å². The molecule has 4 rings (SSSR count). The average molecular weight is 480 g/mol. The Morgan fingerprint density at radius 3 is 2.34 bits per heavy atom. The van der Waals surface area contributed by atoms with Crippen LogP contribution < -0.4 is 16.4 Å². The molecule has 0 fully saturated rings. The highest BCUT2D eigenvalue weighted by Gasteiger charge is 2.33. The van der Waals surface area contributed by atoms with E-state index >= 15 is 0 Å². The van der Waals surface area contributed by atoms with Gasteiger partial charge in [-0.15, -0.1) is 0 Å². The molecule has 178 valence electrons. The van der Waals surface area contributed by atoms with Crippen molar-refractivity contribution in [1.82, 2.24) is 15.2 Å². The van der Waals surface area contributed by atoms with E-state index in [0.29, 0.717) is 22.8 Å². The van der Waals surface area contributed by atoms with Crippen LogP contribution in [-0.2, 0) is 17.4 Å². The number of hydrogen-bond donors (Lipinski definition) is 4. The molecule has 2 amide bonds. The van der Waals surface area contributed by atoms with Crippen LogP contribution >= 0.6 is 0 Å². The summed E-state index contributed by atoms with van der Waals surface area (Å²) in [5, 5.41) is 12.4. The number of carbonyl (C=O) groups excluding carboxylic acids is 2. The summed E-state index contributed by atoms with van der Waals surface area (Å²) in [5.41, 5.74) is 6.00. The molecule has 0 saturated heterocycles. The van der Waals surface area contributed by atoms with Crippen molar-refractivity contribution in [3.05, 3.63) is 89.6 Å². The number of halogens is 3. The summed E-state index contributed by atoms with van der Waals surface area (Å²) >= 11 is 0. The Morgan fingerprint density at radius 2 is 1.69 bits per heavy atom. The molecule has 0 aliphatic carbocycles. The van der Waals surface area contributed by atoms with Crippen molar-refractivity contribution < 1.29 is 22.8 Å². The maximum atomic E-state index is 13.2. The van der Waals surface area contributed by atoms with Gasteiger partial charge in [0, 0.05) is 17.4 Å². The van der Waals surface area contributed by atoms with Crippen molar-refractivity contribution in [2.45, 2.75) is 12.6 Å². The number of aromatic amines is 1. The molecule has 0 spiro atoms. The second-order valence-electron chi connectivity index (χ2n) is 7.48. The van der Waals surface area contributed by atoms with Gasteiger partial charge in [0.2, 0.25) is 5.91 Å². The Labute approximate surface area is 197 Å². The molecule has 0 saturated carbocycles. The molecule has 8 nitrogen and oxygen atoms in total. The number of anilines is 3. The van der Waals surface area contributed by atoms with E-state index in [1.165, 1.54) is 18.2 Å². The summed E-state index contributed by atoms with van der Waals surface area (Å²) in [6, 6.07) is 16.5. The SMILES string of the molecule is NC(=O)c1c(Nc2ccccn2)n[nH]c1-c1ccc(NC(=O)Cc2ccccc2C(F)(F)F)cc1. The van der Waals surface area contributed by atoms with Crippen LogP contribution in [0.3, 0.4) is 0 Å². The van der Waals surface area contributed by atoms with E-state index in [1.54, 1.807) is 48.7 Å². The van der Waals surface area contributed by atoms with Crippen molar-refractivity contribution in [2.24, 2.45) is 5.73 Å². The van der Waals surface area contributed by atoms with Crippen molar-refractivity contribution in [2.75, 3.05) is 10.6 Å². The highest BCUT2D eigenvalue weighted by atomic mass is 19.4. The van der Waals surface area contributed by atoms with Crippen molar-refractivity contribution in [3.63, 3.8) is 0 Å². The molecule has 4 aromatic rings. The molecular weight excluding hydrogens is 461 g/mol. The lowest BCUT2D eigenvalue weighted by Crippen LogP contribution is -2.17. The number of hydrogen-bond acceptors (Lipinski definition) is 5. The molecule has 0 radical (unpaired) electrons. The third kappa shape index (κ3) is 5.46. The number of benzene rings is 2. The lowest BCUT2D eigenvalue weighted by Gasteiger charge is -2.12. The minimum absolute atomic E-state index is 0.120. The van der Waals surface area contributed by atoms with Gasteiger partial charge in [-0.05, 0) is 35.9 Å². The zero-order valence-electron chi connectivity index (χ0n) is 18.1. The number of H-pyrrole nitrogens is 1. The molecule has 0 unspecified atom stereocenters. The van der Waals surface area contributed by atoms with E-state index in [2.05, 4.69) is 25.8 Å². The minimum atomic E-state index is -4.55. The van der Waals surface area contributed by atoms with Crippen LogP contribution in [0, 0.1) is 0 Å². The standard InChI is InChI=1S/C24H19F3N6O2/c25-24(26,27)17-6-2-1-5-15(17)13-19(34)30-16-10-8-14(9-11-16)21-20(22(28)35)23(33-32-21)31-18-7-3-4-12-29-18/h1-12H,13H2,(H2,28,35)(H,30,34)(H2,29,31,32,33). The maximum absolute atomic E-state index is 13.2. The molecule has 35 heavy (non-hydrogen) atoms. The normalized spacial score (nSPS) is 11.2. The molecule has 0 aliphatic heterocycles. The van der Waals surface area contributed by atoms with Gasteiger partial charge < -0.3 is 16.4 Å². The van der Waals surface area contributed by atoms with Crippen LogP contribution in [0.1, 0.15) is 21.5 Å². The third-order valence-electron chi connectivity index (χ3n) is 5.06. The molecule has 2 heterocycles. The van der Waals surface area contributed by atoms with Crippen LogP contribution in [0.2, 0.25) is 0 Å². The molecule has 0 atom stereocenters. The highest BCUT2D eigenvalue weighted by molar-refractivity contribution is 6.04. The summed E-state index contributed by atoms with van der Waals surface area (Å²) in [4.78, 5) is 28.6. The first kappa shape index (κ1) is 23.5. The van der Waals surface area contributed by atoms with Crippen LogP contribution in [0.15, 0.2) is 72.9 Å². The predicted octanol–water partition coefficient (Wildman–Crippen LogP) is 4.51. The van der Waals surface area contributed by atoms with Crippen LogP contribution in [0.25, 0.3) is 11.3 Å². The topological polar surface area (TPSA) is 126 Å². The fourth-order valence-corrected chi connectivity index (χ4v) is 3.49. The van der Waals surface area contributed by atoms with E-state index in [4.69, 9.17) is 5.73 Å². The van der Waals surface area contributed by atoms with E-state index in [9.17, 15) is 22.8 Å². The Kier molecular flexibility index (Phi) is 6.49. The molecular formula is C24H19F3N6O2. The number of primary amides is 1. The molecule has 0 aliphatic rings. The fraction of sp³-hybridized carbons (Fsp3) is 0.0833. The number of nitrogens with one attached hydrogen (secondary N) is 3. The number of carbonyl (C=O) groups is 2. The number of amides is 2. The minimum Gasteiger partial charge on any atom is -0.365 e.